The van der Waals surface area contributed by atoms with Gasteiger partial charge < -0.3 is 15.0 Å². The van der Waals surface area contributed by atoms with Gasteiger partial charge in [-0.25, -0.2) is 4.79 Å². The Kier molecular flexibility index (Phi) is 4.01. The van der Waals surface area contributed by atoms with Crippen LogP contribution in [0.25, 0.3) is 0 Å². The highest BCUT2D eigenvalue weighted by atomic mass is 16.5. The number of ether oxygens (including phenoxy) is 1. The number of rotatable bonds is 2. The largest absolute Gasteiger partial charge is 0.497 e. The molecule has 1 aliphatic carbocycles. The monoisotopic (exact) mass is 289 g/mol. The Morgan fingerprint density at radius 2 is 2.05 bits per heavy atom. The maximum Gasteiger partial charge on any atom is 0.317 e. The second-order valence-electron chi connectivity index (χ2n) is 5.70. The van der Waals surface area contributed by atoms with Gasteiger partial charge in [-0.2, -0.15) is 0 Å². The van der Waals surface area contributed by atoms with E-state index in [4.69, 9.17) is 4.74 Å². The molecule has 1 aromatic carbocycles. The standard InChI is InChI=1S/C16H23N3O2/c1-17-16(20)19-9-7-18(8-10-19)15-6-4-12-3-5-13(21-2)11-14(12)15/h3,5,11,15H,4,6-10H2,1-2H3,(H,17,20). The van der Waals surface area contributed by atoms with Crippen LogP contribution >= 0.6 is 0 Å². The van der Waals surface area contributed by atoms with Crippen molar-refractivity contribution < 1.29 is 9.53 Å². The summed E-state index contributed by atoms with van der Waals surface area (Å²) in [6.45, 7) is 3.48. The highest BCUT2D eigenvalue weighted by Gasteiger charge is 2.31. The van der Waals surface area contributed by atoms with Crippen LogP contribution in [0.3, 0.4) is 0 Å². The van der Waals surface area contributed by atoms with Crippen LogP contribution in [0.2, 0.25) is 0 Å². The van der Waals surface area contributed by atoms with Gasteiger partial charge in [0, 0.05) is 39.3 Å². The molecule has 0 radical (unpaired) electrons. The number of hydrogen-bond acceptors (Lipinski definition) is 3. The fourth-order valence-corrected chi connectivity index (χ4v) is 3.46. The lowest BCUT2D eigenvalue weighted by Gasteiger charge is -2.38. The summed E-state index contributed by atoms with van der Waals surface area (Å²) in [6, 6.07) is 6.92. The zero-order valence-electron chi connectivity index (χ0n) is 12.8. The van der Waals surface area contributed by atoms with E-state index >= 15 is 0 Å². The first-order valence-electron chi connectivity index (χ1n) is 7.60. The third-order valence-electron chi connectivity index (χ3n) is 4.66. The van der Waals surface area contributed by atoms with Gasteiger partial charge in [-0.05, 0) is 36.1 Å². The number of hydrogen-bond donors (Lipinski definition) is 1. The van der Waals surface area contributed by atoms with Gasteiger partial charge in [-0.1, -0.05) is 6.07 Å². The Bertz CT molecular complexity index is 524. The normalized spacial score (nSPS) is 22.0. The molecule has 2 amide bonds. The van der Waals surface area contributed by atoms with Crippen LogP contribution in [0.1, 0.15) is 23.6 Å². The Balaban J connectivity index is 1.69. The van der Waals surface area contributed by atoms with Crippen molar-refractivity contribution in [2.45, 2.75) is 18.9 Å². The second-order valence-corrected chi connectivity index (χ2v) is 5.70. The highest BCUT2D eigenvalue weighted by Crippen LogP contribution is 2.38. The number of nitrogens with zero attached hydrogens (tertiary/aromatic N) is 2. The number of piperazine rings is 1. The van der Waals surface area contributed by atoms with E-state index in [9.17, 15) is 4.79 Å². The van der Waals surface area contributed by atoms with Crippen molar-refractivity contribution in [3.05, 3.63) is 29.3 Å². The number of fused-ring (bicyclic) bond motifs is 1. The molecule has 0 spiro atoms. The summed E-state index contributed by atoms with van der Waals surface area (Å²) in [4.78, 5) is 16.0. The van der Waals surface area contributed by atoms with Gasteiger partial charge in [0.1, 0.15) is 5.75 Å². The van der Waals surface area contributed by atoms with Gasteiger partial charge in [0.15, 0.2) is 0 Å². The third-order valence-corrected chi connectivity index (χ3v) is 4.66. The molecule has 1 aromatic rings. The van der Waals surface area contributed by atoms with Gasteiger partial charge in [-0.15, -0.1) is 0 Å². The van der Waals surface area contributed by atoms with Crippen LogP contribution in [0.15, 0.2) is 18.2 Å². The van der Waals surface area contributed by atoms with Crippen LogP contribution in [-0.2, 0) is 6.42 Å². The Morgan fingerprint density at radius 3 is 2.71 bits per heavy atom. The Hall–Kier alpha value is -1.75. The first kappa shape index (κ1) is 14.2. The molecule has 1 fully saturated rings. The molecule has 3 rings (SSSR count). The van der Waals surface area contributed by atoms with Crippen molar-refractivity contribution >= 4 is 6.03 Å². The summed E-state index contributed by atoms with van der Waals surface area (Å²) in [7, 11) is 3.40. The average Bonchev–Trinajstić information content (AvgIpc) is 2.97. The lowest BCUT2D eigenvalue weighted by molar-refractivity contribution is 0.109. The second kappa shape index (κ2) is 5.93. The van der Waals surface area contributed by atoms with E-state index in [0.29, 0.717) is 6.04 Å². The average molecular weight is 289 g/mol. The molecule has 2 aliphatic rings. The molecule has 21 heavy (non-hydrogen) atoms. The summed E-state index contributed by atoms with van der Waals surface area (Å²) < 4.78 is 5.36. The molecule has 1 atom stereocenters. The predicted octanol–water partition coefficient (Wildman–Crippen LogP) is 1.64. The smallest absolute Gasteiger partial charge is 0.317 e. The lowest BCUT2D eigenvalue weighted by atomic mass is 10.1. The predicted molar refractivity (Wildman–Crippen MR) is 81.7 cm³/mol. The summed E-state index contributed by atoms with van der Waals surface area (Å²) in [6.07, 6.45) is 2.31. The van der Waals surface area contributed by atoms with Crippen LogP contribution in [0.5, 0.6) is 5.75 Å². The SMILES string of the molecule is CNC(=O)N1CCN(C2CCc3ccc(OC)cc32)CC1. The van der Waals surface area contributed by atoms with E-state index in [1.165, 1.54) is 17.5 Å². The van der Waals surface area contributed by atoms with E-state index in [0.717, 1.165) is 38.3 Å². The number of nitrogens with one attached hydrogen (secondary N) is 1. The zero-order valence-corrected chi connectivity index (χ0v) is 12.8. The molecule has 5 nitrogen and oxygen atoms in total. The van der Waals surface area contributed by atoms with Gasteiger partial charge in [0.25, 0.3) is 0 Å². The molecule has 114 valence electrons. The van der Waals surface area contributed by atoms with Crippen molar-refractivity contribution in [2.24, 2.45) is 0 Å². The van der Waals surface area contributed by atoms with Crippen molar-refractivity contribution in [3.8, 4) is 5.75 Å². The first-order chi connectivity index (χ1) is 10.2. The number of methoxy groups -OCH3 is 1. The van der Waals surface area contributed by atoms with E-state index in [1.807, 2.05) is 11.0 Å². The van der Waals surface area contributed by atoms with Crippen molar-refractivity contribution in [3.63, 3.8) is 0 Å². The number of aryl methyl sites for hydroxylation is 1. The minimum absolute atomic E-state index is 0.0307. The van der Waals surface area contributed by atoms with Crippen LogP contribution < -0.4 is 10.1 Å². The van der Waals surface area contributed by atoms with Gasteiger partial charge in [0.05, 0.1) is 7.11 Å². The molecule has 1 unspecified atom stereocenters. The number of benzene rings is 1. The maximum absolute atomic E-state index is 11.7. The van der Waals surface area contributed by atoms with E-state index in [2.05, 4.69) is 22.3 Å². The molecular weight excluding hydrogens is 266 g/mol. The number of carbonyl (C=O) groups excluding carboxylic acids is 1. The van der Waals surface area contributed by atoms with Gasteiger partial charge in [0.2, 0.25) is 0 Å². The number of urea groups is 1. The first-order valence-corrected chi connectivity index (χ1v) is 7.60. The highest BCUT2D eigenvalue weighted by molar-refractivity contribution is 5.73. The summed E-state index contributed by atoms with van der Waals surface area (Å²) >= 11 is 0. The maximum atomic E-state index is 11.7. The van der Waals surface area contributed by atoms with Crippen molar-refractivity contribution in [1.82, 2.24) is 15.1 Å². The molecule has 0 saturated carbocycles. The van der Waals surface area contributed by atoms with Gasteiger partial charge in [-0.3, -0.25) is 4.90 Å². The van der Waals surface area contributed by atoms with E-state index in [-0.39, 0.29) is 6.03 Å². The van der Waals surface area contributed by atoms with Crippen LogP contribution in [-0.4, -0.2) is 56.2 Å². The van der Waals surface area contributed by atoms with Crippen LogP contribution in [0, 0.1) is 0 Å². The summed E-state index contributed by atoms with van der Waals surface area (Å²) in [5, 5.41) is 2.70. The summed E-state index contributed by atoms with van der Waals surface area (Å²) in [5.74, 6) is 0.935. The molecule has 1 heterocycles. The van der Waals surface area contributed by atoms with E-state index in [1.54, 1.807) is 14.2 Å². The quantitative estimate of drug-likeness (QED) is 0.900. The zero-order chi connectivity index (χ0) is 14.8. The molecule has 0 aromatic heterocycles. The minimum atomic E-state index is 0.0307. The topological polar surface area (TPSA) is 44.8 Å². The van der Waals surface area contributed by atoms with Crippen molar-refractivity contribution in [1.29, 1.82) is 0 Å². The third kappa shape index (κ3) is 2.70. The number of carbonyl (C=O) groups is 1. The Morgan fingerprint density at radius 1 is 1.29 bits per heavy atom. The van der Waals surface area contributed by atoms with Crippen LogP contribution in [0.4, 0.5) is 4.79 Å². The Labute approximate surface area is 125 Å². The molecule has 0 bridgehead atoms. The lowest BCUT2D eigenvalue weighted by Crippen LogP contribution is -2.51. The van der Waals surface area contributed by atoms with Crippen molar-refractivity contribution in [2.75, 3.05) is 40.3 Å². The molecule has 1 aliphatic heterocycles. The fraction of sp³-hybridized carbons (Fsp3) is 0.562. The van der Waals surface area contributed by atoms with Gasteiger partial charge >= 0.3 is 6.03 Å². The minimum Gasteiger partial charge on any atom is -0.497 e. The fourth-order valence-electron chi connectivity index (χ4n) is 3.46. The number of amides is 2. The summed E-state index contributed by atoms with van der Waals surface area (Å²) in [5.41, 5.74) is 2.84. The van der Waals surface area contributed by atoms with E-state index < -0.39 is 0 Å². The molecule has 1 N–H and O–H groups in total. The molecule has 5 heteroatoms. The molecular formula is C16H23N3O2. The molecule has 1 saturated heterocycles.